The fraction of sp³-hybridized carbons (Fsp3) is 0.368. The van der Waals surface area contributed by atoms with Gasteiger partial charge in [-0.15, -0.1) is 11.3 Å². The molecule has 0 unspecified atom stereocenters. The number of aryl methyl sites for hydroxylation is 1. The first-order valence-corrected chi connectivity index (χ1v) is 10.3. The third-order valence-corrected chi connectivity index (χ3v) is 6.78. The fourth-order valence-corrected chi connectivity index (χ4v) is 5.62. The molecule has 0 atom stereocenters. The van der Waals surface area contributed by atoms with E-state index in [1.807, 2.05) is 18.2 Å². The largest absolute Gasteiger partial charge is 0.494 e. The average molecular weight is 389 g/mol. The Morgan fingerprint density at radius 2 is 2.00 bits per heavy atom. The van der Waals surface area contributed by atoms with E-state index >= 15 is 0 Å². The molecule has 1 aliphatic carbocycles. The normalized spacial score (nSPS) is 13.9. The lowest BCUT2D eigenvalue weighted by atomic mass is 10.1. The number of rotatable bonds is 4. The van der Waals surface area contributed by atoms with Gasteiger partial charge in [-0.05, 0) is 43.4 Å². The van der Waals surface area contributed by atoms with Gasteiger partial charge < -0.3 is 14.8 Å². The number of carbonyl (C=O) groups is 1. The highest BCUT2D eigenvalue weighted by molar-refractivity contribution is 7.23. The van der Waals surface area contributed by atoms with E-state index in [4.69, 9.17) is 9.47 Å². The van der Waals surface area contributed by atoms with Gasteiger partial charge in [0.2, 0.25) is 0 Å². The molecule has 0 radical (unpaired) electrons. The Balaban J connectivity index is 1.75. The van der Waals surface area contributed by atoms with Gasteiger partial charge in [0.05, 0.1) is 24.5 Å². The molecule has 26 heavy (non-hydrogen) atoms. The summed E-state index contributed by atoms with van der Waals surface area (Å²) >= 11 is 3.21. The third kappa shape index (κ3) is 3.05. The monoisotopic (exact) mass is 388 g/mol. The molecule has 0 bridgehead atoms. The van der Waals surface area contributed by atoms with Crippen LogP contribution in [0.4, 0.5) is 10.1 Å². The van der Waals surface area contributed by atoms with E-state index in [0.29, 0.717) is 5.56 Å². The summed E-state index contributed by atoms with van der Waals surface area (Å²) in [6.45, 7) is 0. The number of benzene rings is 1. The fourth-order valence-electron chi connectivity index (χ4n) is 3.39. The molecule has 2 aromatic heterocycles. The molecule has 1 N–H and O–H groups in total. The van der Waals surface area contributed by atoms with Crippen LogP contribution >= 0.6 is 22.7 Å². The van der Waals surface area contributed by atoms with E-state index in [0.717, 1.165) is 50.9 Å². The van der Waals surface area contributed by atoms with Gasteiger partial charge in [0, 0.05) is 4.88 Å². The molecule has 3 aromatic rings. The second-order valence-corrected chi connectivity index (χ2v) is 8.35. The Bertz CT molecular complexity index is 961. The summed E-state index contributed by atoms with van der Waals surface area (Å²) in [4.78, 5) is 18.4. The molecule has 4 rings (SSSR count). The zero-order chi connectivity index (χ0) is 18.1. The lowest BCUT2D eigenvalue weighted by Crippen LogP contribution is -2.06. The molecule has 0 aliphatic heterocycles. The van der Waals surface area contributed by atoms with Crippen LogP contribution in [0.3, 0.4) is 0 Å². The second kappa shape index (κ2) is 7.25. The molecule has 0 saturated carbocycles. The number of methoxy groups -OCH3 is 2. The minimum Gasteiger partial charge on any atom is -0.494 e. The van der Waals surface area contributed by atoms with E-state index < -0.39 is 0 Å². The molecule has 1 aromatic carbocycles. The first-order valence-electron chi connectivity index (χ1n) is 8.64. The van der Waals surface area contributed by atoms with Crippen LogP contribution < -0.4 is 10.1 Å². The van der Waals surface area contributed by atoms with Crippen molar-refractivity contribution in [2.75, 3.05) is 19.5 Å². The van der Waals surface area contributed by atoms with Crippen molar-refractivity contribution >= 4 is 49.0 Å². The summed E-state index contributed by atoms with van der Waals surface area (Å²) in [6, 6.07) is 5.88. The standard InChI is InChI=1S/C19H20N2O3S2/c1-23-12-8-6-10-14-16(12)20-19(26-14)21-17-15(18(22)24-2)11-7-4-3-5-9-13(11)25-17/h6,8,10H,3-5,7,9H2,1-2H3,(H,20,21). The van der Waals surface area contributed by atoms with Crippen LogP contribution in [0, 0.1) is 0 Å². The van der Waals surface area contributed by atoms with E-state index in [-0.39, 0.29) is 5.97 Å². The zero-order valence-electron chi connectivity index (χ0n) is 14.8. The molecule has 5 nitrogen and oxygen atoms in total. The van der Waals surface area contributed by atoms with Gasteiger partial charge in [0.15, 0.2) is 5.13 Å². The van der Waals surface area contributed by atoms with Crippen LogP contribution in [-0.4, -0.2) is 25.2 Å². The highest BCUT2D eigenvalue weighted by atomic mass is 32.1. The van der Waals surface area contributed by atoms with Gasteiger partial charge in [-0.1, -0.05) is 23.8 Å². The minimum atomic E-state index is -0.273. The number of aromatic nitrogens is 1. The summed E-state index contributed by atoms with van der Waals surface area (Å²) in [5, 5.41) is 4.97. The van der Waals surface area contributed by atoms with Gasteiger partial charge in [-0.2, -0.15) is 0 Å². The van der Waals surface area contributed by atoms with Crippen molar-refractivity contribution in [1.29, 1.82) is 0 Å². The van der Waals surface area contributed by atoms with Crippen LogP contribution in [-0.2, 0) is 17.6 Å². The summed E-state index contributed by atoms with van der Waals surface area (Å²) < 4.78 is 11.5. The van der Waals surface area contributed by atoms with Crippen LogP contribution in [0.25, 0.3) is 10.2 Å². The maximum atomic E-state index is 12.4. The number of fused-ring (bicyclic) bond motifs is 2. The van der Waals surface area contributed by atoms with Crippen molar-refractivity contribution in [3.05, 3.63) is 34.2 Å². The predicted molar refractivity (Wildman–Crippen MR) is 106 cm³/mol. The number of anilines is 2. The number of esters is 1. The third-order valence-electron chi connectivity index (χ3n) is 4.63. The van der Waals surface area contributed by atoms with Crippen LogP contribution in [0.5, 0.6) is 5.75 Å². The SMILES string of the molecule is COC(=O)c1c(Nc2nc3c(OC)cccc3s2)sc2c1CCCCC2. The van der Waals surface area contributed by atoms with Gasteiger partial charge >= 0.3 is 5.97 Å². The molecule has 0 amide bonds. The van der Waals surface area contributed by atoms with Crippen molar-refractivity contribution in [1.82, 2.24) is 4.98 Å². The number of para-hydroxylation sites is 1. The number of thiazole rings is 1. The lowest BCUT2D eigenvalue weighted by Gasteiger charge is -2.06. The molecule has 7 heteroatoms. The van der Waals surface area contributed by atoms with E-state index in [1.165, 1.54) is 24.8 Å². The topological polar surface area (TPSA) is 60.5 Å². The van der Waals surface area contributed by atoms with Crippen LogP contribution in [0.1, 0.15) is 40.1 Å². The van der Waals surface area contributed by atoms with E-state index in [9.17, 15) is 4.79 Å². The molecule has 1 aliphatic rings. The molecule has 2 heterocycles. The minimum absolute atomic E-state index is 0.273. The maximum Gasteiger partial charge on any atom is 0.341 e. The molecule has 136 valence electrons. The van der Waals surface area contributed by atoms with E-state index in [1.54, 1.807) is 29.8 Å². The molecular weight excluding hydrogens is 368 g/mol. The predicted octanol–water partition coefficient (Wildman–Crippen LogP) is 5.17. The van der Waals surface area contributed by atoms with E-state index in [2.05, 4.69) is 10.3 Å². The lowest BCUT2D eigenvalue weighted by molar-refractivity contribution is 0.0601. The Morgan fingerprint density at radius 3 is 2.81 bits per heavy atom. The quantitative estimate of drug-likeness (QED) is 0.494. The first-order chi connectivity index (χ1) is 12.7. The summed E-state index contributed by atoms with van der Waals surface area (Å²) in [7, 11) is 3.09. The summed E-state index contributed by atoms with van der Waals surface area (Å²) in [5.41, 5.74) is 2.67. The molecule has 0 spiro atoms. The Labute approximate surface area is 160 Å². The average Bonchev–Trinajstić information content (AvgIpc) is 3.13. The van der Waals surface area contributed by atoms with Crippen LogP contribution in [0.2, 0.25) is 0 Å². The number of hydrogen-bond donors (Lipinski definition) is 1. The molecular formula is C19H20N2O3S2. The number of nitrogens with one attached hydrogen (secondary N) is 1. The Morgan fingerprint density at radius 1 is 1.15 bits per heavy atom. The second-order valence-electron chi connectivity index (χ2n) is 6.21. The summed E-state index contributed by atoms with van der Waals surface area (Å²) in [6.07, 6.45) is 5.46. The number of thiophene rings is 1. The van der Waals surface area contributed by atoms with Gasteiger partial charge in [0.1, 0.15) is 16.3 Å². The van der Waals surface area contributed by atoms with Crippen molar-refractivity contribution in [2.45, 2.75) is 32.1 Å². The van der Waals surface area contributed by atoms with Crippen molar-refractivity contribution in [3.63, 3.8) is 0 Å². The molecule has 0 saturated heterocycles. The van der Waals surface area contributed by atoms with Gasteiger partial charge in [0.25, 0.3) is 0 Å². The Kier molecular flexibility index (Phi) is 4.82. The number of ether oxygens (including phenoxy) is 2. The van der Waals surface area contributed by atoms with Crippen molar-refractivity contribution in [3.8, 4) is 5.75 Å². The molecule has 0 fully saturated rings. The van der Waals surface area contributed by atoms with Gasteiger partial charge in [-0.25, -0.2) is 9.78 Å². The maximum absolute atomic E-state index is 12.4. The Hall–Kier alpha value is -2.12. The first kappa shape index (κ1) is 17.3. The van der Waals surface area contributed by atoms with Crippen molar-refractivity contribution < 1.29 is 14.3 Å². The summed E-state index contributed by atoms with van der Waals surface area (Å²) in [5.74, 6) is 0.479. The zero-order valence-corrected chi connectivity index (χ0v) is 16.4. The van der Waals surface area contributed by atoms with Crippen LogP contribution in [0.15, 0.2) is 18.2 Å². The van der Waals surface area contributed by atoms with Gasteiger partial charge in [-0.3, -0.25) is 0 Å². The number of nitrogens with zero attached hydrogens (tertiary/aromatic N) is 1. The van der Waals surface area contributed by atoms with Crippen molar-refractivity contribution in [2.24, 2.45) is 0 Å². The number of hydrogen-bond acceptors (Lipinski definition) is 7. The highest BCUT2D eigenvalue weighted by Gasteiger charge is 2.26. The highest BCUT2D eigenvalue weighted by Crippen LogP contribution is 2.41. The smallest absolute Gasteiger partial charge is 0.341 e. The number of carbonyl (C=O) groups excluding carboxylic acids is 1.